The molecule has 0 bridgehead atoms. The largest absolute Gasteiger partial charge is 0.284 e. The fourth-order valence-corrected chi connectivity index (χ4v) is 1.92. The number of hydrogen-bond acceptors (Lipinski definition) is 3. The lowest BCUT2D eigenvalue weighted by Gasteiger charge is -2.13. The van der Waals surface area contributed by atoms with Crippen molar-refractivity contribution in [2.45, 2.75) is 0 Å². The summed E-state index contributed by atoms with van der Waals surface area (Å²) in [5.74, 6) is -1.51. The Labute approximate surface area is 102 Å². The Morgan fingerprint density at radius 1 is 1.06 bits per heavy atom. The fraction of sp³-hybridized carbons (Fsp3) is 0. The molecule has 0 saturated heterocycles. The minimum Gasteiger partial charge on any atom is -0.268 e. The van der Waals surface area contributed by atoms with Crippen molar-refractivity contribution in [3.8, 4) is 0 Å². The van der Waals surface area contributed by atoms with Gasteiger partial charge in [0, 0.05) is 6.20 Å². The molecule has 0 atom stereocenters. The number of carbonyl (C=O) groups is 2. The first-order valence-electron chi connectivity index (χ1n) is 5.28. The van der Waals surface area contributed by atoms with Crippen LogP contribution < -0.4 is 4.90 Å². The zero-order valence-corrected chi connectivity index (χ0v) is 9.13. The second kappa shape index (κ2) is 3.73. The van der Waals surface area contributed by atoms with Gasteiger partial charge in [-0.05, 0) is 30.3 Å². The maximum atomic E-state index is 13.1. The van der Waals surface area contributed by atoms with Gasteiger partial charge in [-0.2, -0.15) is 0 Å². The number of hydrogen-bond donors (Lipinski definition) is 0. The molecule has 0 radical (unpaired) electrons. The molecular weight excluding hydrogens is 235 g/mol. The number of imide groups is 1. The van der Waals surface area contributed by atoms with Gasteiger partial charge in [0.05, 0.1) is 11.3 Å². The molecule has 1 aromatic carbocycles. The zero-order valence-electron chi connectivity index (χ0n) is 9.13. The van der Waals surface area contributed by atoms with E-state index in [1.54, 1.807) is 6.07 Å². The van der Waals surface area contributed by atoms with Crippen molar-refractivity contribution in [3.63, 3.8) is 0 Å². The number of amides is 2. The average Bonchev–Trinajstić information content (AvgIpc) is 2.63. The van der Waals surface area contributed by atoms with Gasteiger partial charge < -0.3 is 0 Å². The summed E-state index contributed by atoms with van der Waals surface area (Å²) in [6.45, 7) is 0. The SMILES string of the molecule is O=C1c2cccnc2C(=O)N1c1cccc(F)c1. The van der Waals surface area contributed by atoms with E-state index in [0.717, 1.165) is 11.0 Å². The van der Waals surface area contributed by atoms with Gasteiger partial charge in [-0.1, -0.05) is 6.07 Å². The van der Waals surface area contributed by atoms with Crippen LogP contribution in [0.5, 0.6) is 0 Å². The van der Waals surface area contributed by atoms with Crippen LogP contribution >= 0.6 is 0 Å². The van der Waals surface area contributed by atoms with Crippen LogP contribution in [0.4, 0.5) is 10.1 Å². The number of nitrogens with zero attached hydrogens (tertiary/aromatic N) is 2. The summed E-state index contributed by atoms with van der Waals surface area (Å²) >= 11 is 0. The zero-order chi connectivity index (χ0) is 12.7. The molecular formula is C13H7FN2O2. The van der Waals surface area contributed by atoms with Gasteiger partial charge in [-0.3, -0.25) is 14.6 Å². The molecule has 0 fully saturated rings. The molecule has 0 spiro atoms. The molecule has 3 rings (SSSR count). The maximum absolute atomic E-state index is 13.1. The molecule has 1 aromatic heterocycles. The third-order valence-electron chi connectivity index (χ3n) is 2.71. The Kier molecular flexibility index (Phi) is 2.19. The number of benzene rings is 1. The Balaban J connectivity index is 2.12. The van der Waals surface area contributed by atoms with Crippen LogP contribution in [0.1, 0.15) is 20.8 Å². The van der Waals surface area contributed by atoms with E-state index in [9.17, 15) is 14.0 Å². The second-order valence-electron chi connectivity index (χ2n) is 3.83. The molecule has 4 nitrogen and oxygen atoms in total. The molecule has 1 aliphatic rings. The fourth-order valence-electron chi connectivity index (χ4n) is 1.92. The summed E-state index contributed by atoms with van der Waals surface area (Å²) in [7, 11) is 0. The summed E-state index contributed by atoms with van der Waals surface area (Å²) < 4.78 is 13.1. The number of halogens is 1. The summed E-state index contributed by atoms with van der Waals surface area (Å²) in [4.78, 5) is 28.9. The van der Waals surface area contributed by atoms with Crippen molar-refractivity contribution in [1.29, 1.82) is 0 Å². The van der Waals surface area contributed by atoms with Crippen molar-refractivity contribution >= 4 is 17.5 Å². The van der Waals surface area contributed by atoms with Crippen molar-refractivity contribution in [3.05, 3.63) is 59.7 Å². The van der Waals surface area contributed by atoms with Crippen LogP contribution in [-0.2, 0) is 0 Å². The highest BCUT2D eigenvalue weighted by Gasteiger charge is 2.37. The number of aromatic nitrogens is 1. The summed E-state index contributed by atoms with van der Waals surface area (Å²) in [5.41, 5.74) is 0.557. The van der Waals surface area contributed by atoms with Crippen LogP contribution in [0.15, 0.2) is 42.6 Å². The molecule has 0 saturated carbocycles. The summed E-state index contributed by atoms with van der Waals surface area (Å²) in [5, 5.41) is 0. The van der Waals surface area contributed by atoms with Gasteiger partial charge in [0.1, 0.15) is 11.5 Å². The van der Waals surface area contributed by atoms with Gasteiger partial charge in [-0.25, -0.2) is 9.29 Å². The molecule has 2 heterocycles. The Hall–Kier alpha value is -2.56. The summed E-state index contributed by atoms with van der Waals surface area (Å²) in [6.07, 6.45) is 1.44. The third-order valence-corrected chi connectivity index (χ3v) is 2.71. The van der Waals surface area contributed by atoms with E-state index in [1.807, 2.05) is 0 Å². The van der Waals surface area contributed by atoms with E-state index in [4.69, 9.17) is 0 Å². The molecule has 2 aromatic rings. The topological polar surface area (TPSA) is 50.3 Å². The predicted octanol–water partition coefficient (Wildman–Crippen LogP) is 2.02. The lowest BCUT2D eigenvalue weighted by atomic mass is 10.2. The molecule has 1 aliphatic heterocycles. The standard InChI is InChI=1S/C13H7FN2O2/c14-8-3-1-4-9(7-8)16-12(17)10-5-2-6-15-11(10)13(16)18/h1-7H. The van der Waals surface area contributed by atoms with Gasteiger partial charge in [-0.15, -0.1) is 0 Å². The smallest absolute Gasteiger partial charge is 0.268 e. The lowest BCUT2D eigenvalue weighted by Crippen LogP contribution is -2.29. The number of carbonyl (C=O) groups excluding carboxylic acids is 2. The molecule has 18 heavy (non-hydrogen) atoms. The van der Waals surface area contributed by atoms with Gasteiger partial charge >= 0.3 is 0 Å². The minimum absolute atomic E-state index is 0.103. The van der Waals surface area contributed by atoms with Crippen molar-refractivity contribution < 1.29 is 14.0 Å². The molecule has 88 valence electrons. The molecule has 0 N–H and O–H groups in total. The van der Waals surface area contributed by atoms with E-state index < -0.39 is 17.6 Å². The number of anilines is 1. The first kappa shape index (κ1) is 10.6. The van der Waals surface area contributed by atoms with E-state index in [0.29, 0.717) is 0 Å². The lowest BCUT2D eigenvalue weighted by molar-refractivity contribution is 0.0924. The van der Waals surface area contributed by atoms with Crippen LogP contribution in [0.3, 0.4) is 0 Å². The third kappa shape index (κ3) is 1.41. The van der Waals surface area contributed by atoms with Crippen molar-refractivity contribution in [2.75, 3.05) is 4.90 Å². The number of pyridine rings is 1. The van der Waals surface area contributed by atoms with Gasteiger partial charge in [0.25, 0.3) is 11.8 Å². The highest BCUT2D eigenvalue weighted by molar-refractivity contribution is 6.33. The maximum Gasteiger partial charge on any atom is 0.284 e. The first-order chi connectivity index (χ1) is 8.68. The molecule has 5 heteroatoms. The summed E-state index contributed by atoms with van der Waals surface area (Å²) in [6, 6.07) is 8.45. The van der Waals surface area contributed by atoms with Crippen molar-refractivity contribution in [2.24, 2.45) is 0 Å². The van der Waals surface area contributed by atoms with E-state index >= 15 is 0 Å². The van der Waals surface area contributed by atoms with Crippen LogP contribution in [-0.4, -0.2) is 16.8 Å². The quantitative estimate of drug-likeness (QED) is 0.719. The number of rotatable bonds is 1. The van der Waals surface area contributed by atoms with Crippen LogP contribution in [0.2, 0.25) is 0 Å². The molecule has 2 amide bonds. The highest BCUT2D eigenvalue weighted by Crippen LogP contribution is 2.27. The van der Waals surface area contributed by atoms with Crippen molar-refractivity contribution in [1.82, 2.24) is 4.98 Å². The normalized spacial score (nSPS) is 13.9. The number of fused-ring (bicyclic) bond motifs is 1. The van der Waals surface area contributed by atoms with Gasteiger partial charge in [0.15, 0.2) is 0 Å². The molecule has 0 aliphatic carbocycles. The second-order valence-corrected chi connectivity index (χ2v) is 3.83. The monoisotopic (exact) mass is 242 g/mol. The first-order valence-corrected chi connectivity index (χ1v) is 5.28. The Morgan fingerprint density at radius 3 is 2.61 bits per heavy atom. The van der Waals surface area contributed by atoms with Crippen LogP contribution in [0, 0.1) is 5.82 Å². The van der Waals surface area contributed by atoms with Gasteiger partial charge in [0.2, 0.25) is 0 Å². The van der Waals surface area contributed by atoms with E-state index in [-0.39, 0.29) is 16.9 Å². The van der Waals surface area contributed by atoms with E-state index in [1.165, 1.54) is 30.5 Å². The minimum atomic E-state index is -0.527. The van der Waals surface area contributed by atoms with Crippen LogP contribution in [0.25, 0.3) is 0 Å². The molecule has 0 unspecified atom stereocenters. The Bertz CT molecular complexity index is 635. The Morgan fingerprint density at radius 2 is 1.89 bits per heavy atom. The highest BCUT2D eigenvalue weighted by atomic mass is 19.1. The predicted molar refractivity (Wildman–Crippen MR) is 61.8 cm³/mol. The van der Waals surface area contributed by atoms with E-state index in [2.05, 4.69) is 4.98 Å². The average molecular weight is 242 g/mol.